The first-order chi connectivity index (χ1) is 5.38. The van der Waals surface area contributed by atoms with Crippen LogP contribution in [0.3, 0.4) is 0 Å². The molecule has 1 saturated carbocycles. The second-order valence-corrected chi connectivity index (χ2v) is 3.66. The Balaban J connectivity index is 1.95. The Bertz CT molecular complexity index is 262. The molecule has 0 bridgehead atoms. The molecule has 0 amide bonds. The maximum Gasteiger partial charge on any atom is 0.208 e. The molecule has 0 aromatic rings. The zero-order valence-corrected chi connectivity index (χ0v) is 6.30. The van der Waals surface area contributed by atoms with Gasteiger partial charge in [-0.25, -0.2) is 0 Å². The highest BCUT2D eigenvalue weighted by Gasteiger charge is 2.53. The number of ether oxygens (including phenoxy) is 1. The Morgan fingerprint density at radius 1 is 1.18 bits per heavy atom. The number of hydrogen-bond donors (Lipinski definition) is 0. The summed E-state index contributed by atoms with van der Waals surface area (Å²) in [7, 11) is 0. The molecule has 0 radical (unpaired) electrons. The lowest BCUT2D eigenvalue weighted by molar-refractivity contribution is -0.122. The largest absolute Gasteiger partial charge is 0.450 e. The Hall–Kier alpha value is -0.790. The molecule has 1 aliphatic heterocycles. The summed E-state index contributed by atoms with van der Waals surface area (Å²) in [6.07, 6.45) is 4.77. The number of allylic oxidation sites excluding steroid dienone is 2. The van der Waals surface area contributed by atoms with Crippen molar-refractivity contribution in [2.24, 2.45) is 11.8 Å². The van der Waals surface area contributed by atoms with Gasteiger partial charge in [-0.15, -0.1) is 0 Å². The predicted molar refractivity (Wildman–Crippen MR) is 38.6 cm³/mol. The van der Waals surface area contributed by atoms with E-state index in [2.05, 4.69) is 0 Å². The van der Waals surface area contributed by atoms with Gasteiger partial charge < -0.3 is 4.74 Å². The van der Waals surface area contributed by atoms with Crippen molar-refractivity contribution in [3.63, 3.8) is 0 Å². The fraction of sp³-hybridized carbons (Fsp3) is 0.667. The van der Waals surface area contributed by atoms with Gasteiger partial charge in [-0.2, -0.15) is 0 Å². The molecule has 2 atom stereocenters. The number of hydrogen-bond acceptors (Lipinski definition) is 2. The fourth-order valence-corrected chi connectivity index (χ4v) is 2.43. The minimum atomic E-state index is 0.296. The van der Waals surface area contributed by atoms with Crippen molar-refractivity contribution in [1.82, 2.24) is 0 Å². The number of Topliss-reactive ketones (excluding diaryl/α,β-unsaturated/α-hetero) is 1. The highest BCUT2D eigenvalue weighted by Crippen LogP contribution is 2.52. The first-order valence-electron chi connectivity index (χ1n) is 4.34. The lowest BCUT2D eigenvalue weighted by atomic mass is 9.80. The summed E-state index contributed by atoms with van der Waals surface area (Å²) >= 11 is 0. The third kappa shape index (κ3) is 0.602. The lowest BCUT2D eigenvalue weighted by Crippen LogP contribution is -2.24. The molecule has 0 N–H and O–H groups in total. The topological polar surface area (TPSA) is 29.6 Å². The highest BCUT2D eigenvalue weighted by molar-refractivity contribution is 6.02. The van der Waals surface area contributed by atoms with Gasteiger partial charge in [0.1, 0.15) is 0 Å². The van der Waals surface area contributed by atoms with Gasteiger partial charge in [-0.05, 0) is 12.8 Å². The molecule has 1 heterocycles. The van der Waals surface area contributed by atoms with Crippen molar-refractivity contribution >= 4 is 5.78 Å². The summed E-state index contributed by atoms with van der Waals surface area (Å²) in [4.78, 5) is 11.4. The van der Waals surface area contributed by atoms with Crippen LogP contribution in [0, 0.1) is 11.8 Å². The van der Waals surface area contributed by atoms with E-state index in [0.29, 0.717) is 17.6 Å². The zero-order chi connectivity index (χ0) is 7.42. The maximum absolute atomic E-state index is 11.4. The summed E-state index contributed by atoms with van der Waals surface area (Å²) < 4.78 is 5.12. The van der Waals surface area contributed by atoms with Gasteiger partial charge in [0.15, 0.2) is 5.76 Å². The van der Waals surface area contributed by atoms with E-state index < -0.39 is 0 Å². The van der Waals surface area contributed by atoms with Crippen LogP contribution in [0.25, 0.3) is 0 Å². The second-order valence-electron chi connectivity index (χ2n) is 3.66. The van der Waals surface area contributed by atoms with Gasteiger partial charge in [0.25, 0.3) is 0 Å². The molecule has 0 spiro atoms. The molecule has 2 aliphatic carbocycles. The fourth-order valence-electron chi connectivity index (χ4n) is 2.43. The third-order valence-electron chi connectivity index (χ3n) is 3.06. The molecule has 2 unspecified atom stereocenters. The molecule has 11 heavy (non-hydrogen) atoms. The van der Waals surface area contributed by atoms with Crippen LogP contribution >= 0.6 is 0 Å². The molecule has 0 aromatic carbocycles. The van der Waals surface area contributed by atoms with E-state index >= 15 is 0 Å². The average molecular weight is 150 g/mol. The normalized spacial score (nSPS) is 39.8. The first-order valence-corrected chi connectivity index (χ1v) is 4.34. The van der Waals surface area contributed by atoms with Crippen LogP contribution < -0.4 is 0 Å². The van der Waals surface area contributed by atoms with Gasteiger partial charge in [-0.3, -0.25) is 4.79 Å². The predicted octanol–water partition coefficient (Wildman–Crippen LogP) is 1.62. The van der Waals surface area contributed by atoms with E-state index in [1.165, 1.54) is 19.3 Å². The van der Waals surface area contributed by atoms with E-state index in [1.54, 1.807) is 0 Å². The Kier molecular flexibility index (Phi) is 0.888. The summed E-state index contributed by atoms with van der Waals surface area (Å²) in [6.45, 7) is 0. The van der Waals surface area contributed by atoms with Crippen molar-refractivity contribution in [3.05, 3.63) is 11.5 Å². The molecule has 3 aliphatic rings. The Morgan fingerprint density at radius 2 is 1.91 bits per heavy atom. The Labute approximate surface area is 65.2 Å². The van der Waals surface area contributed by atoms with E-state index in [0.717, 1.165) is 17.9 Å². The quantitative estimate of drug-likeness (QED) is 0.525. The van der Waals surface area contributed by atoms with Crippen molar-refractivity contribution in [2.45, 2.75) is 25.7 Å². The van der Waals surface area contributed by atoms with Crippen LogP contribution in [0.4, 0.5) is 0 Å². The van der Waals surface area contributed by atoms with Crippen LogP contribution in [0.5, 0.6) is 0 Å². The molecule has 2 nitrogen and oxygen atoms in total. The second kappa shape index (κ2) is 1.68. The molecular formula is C9H10O2. The van der Waals surface area contributed by atoms with E-state index in [-0.39, 0.29) is 0 Å². The third-order valence-corrected chi connectivity index (χ3v) is 3.06. The molecule has 58 valence electrons. The van der Waals surface area contributed by atoms with E-state index in [1.807, 2.05) is 0 Å². The van der Waals surface area contributed by atoms with Crippen molar-refractivity contribution in [3.8, 4) is 0 Å². The number of carbonyl (C=O) groups is 1. The minimum Gasteiger partial charge on any atom is -0.450 e. The van der Waals surface area contributed by atoms with Crippen LogP contribution in [-0.2, 0) is 9.53 Å². The summed E-state index contributed by atoms with van der Waals surface area (Å²) in [6, 6.07) is 0. The molecular weight excluding hydrogens is 140 g/mol. The number of ketones is 1. The SMILES string of the molecule is O=C1C2=C(O2)C2CCCCC12. The standard InChI is InChI=1S/C9H10O2/c10-7-5-3-1-2-4-6(5)8-9(7)11-8/h5-6H,1-4H2. The van der Waals surface area contributed by atoms with Gasteiger partial charge in [0.2, 0.25) is 11.5 Å². The Morgan fingerprint density at radius 3 is 2.64 bits per heavy atom. The average Bonchev–Trinajstić information content (AvgIpc) is 2.78. The number of carbonyl (C=O) groups excluding carboxylic acids is 1. The zero-order valence-electron chi connectivity index (χ0n) is 6.30. The van der Waals surface area contributed by atoms with Gasteiger partial charge >= 0.3 is 0 Å². The van der Waals surface area contributed by atoms with Gasteiger partial charge in [0, 0.05) is 11.8 Å². The summed E-state index contributed by atoms with van der Waals surface area (Å²) in [5.74, 6) is 2.88. The summed E-state index contributed by atoms with van der Waals surface area (Å²) in [5, 5.41) is 0. The van der Waals surface area contributed by atoms with Crippen LogP contribution in [0.2, 0.25) is 0 Å². The molecule has 0 saturated heterocycles. The van der Waals surface area contributed by atoms with Crippen molar-refractivity contribution in [1.29, 1.82) is 0 Å². The molecule has 0 aromatic heterocycles. The van der Waals surface area contributed by atoms with Crippen molar-refractivity contribution < 1.29 is 9.53 Å². The molecule has 3 rings (SSSR count). The smallest absolute Gasteiger partial charge is 0.208 e. The number of rotatable bonds is 0. The minimum absolute atomic E-state index is 0.296. The van der Waals surface area contributed by atoms with Crippen LogP contribution in [-0.4, -0.2) is 5.78 Å². The molecule has 2 heteroatoms. The monoisotopic (exact) mass is 150 g/mol. The van der Waals surface area contributed by atoms with Gasteiger partial charge in [0.05, 0.1) is 0 Å². The van der Waals surface area contributed by atoms with Crippen LogP contribution in [0.1, 0.15) is 25.7 Å². The number of fused-ring (bicyclic) bond motifs is 2. The van der Waals surface area contributed by atoms with Crippen molar-refractivity contribution in [2.75, 3.05) is 0 Å². The molecule has 1 fully saturated rings. The highest BCUT2D eigenvalue weighted by atomic mass is 16.6. The van der Waals surface area contributed by atoms with E-state index in [4.69, 9.17) is 4.74 Å². The lowest BCUT2D eigenvalue weighted by Gasteiger charge is -2.25. The van der Waals surface area contributed by atoms with E-state index in [9.17, 15) is 4.79 Å². The maximum atomic E-state index is 11.4. The van der Waals surface area contributed by atoms with Crippen LogP contribution in [0.15, 0.2) is 11.5 Å². The summed E-state index contributed by atoms with van der Waals surface area (Å²) in [5.41, 5.74) is 0. The first kappa shape index (κ1) is 5.81. The van der Waals surface area contributed by atoms with Gasteiger partial charge in [-0.1, -0.05) is 12.8 Å².